The van der Waals surface area contributed by atoms with Gasteiger partial charge in [0.05, 0.1) is 11.7 Å². The summed E-state index contributed by atoms with van der Waals surface area (Å²) in [6.07, 6.45) is 1.39. The fourth-order valence-electron chi connectivity index (χ4n) is 3.30. The van der Waals surface area contributed by atoms with E-state index in [1.807, 2.05) is 26.8 Å². The van der Waals surface area contributed by atoms with Crippen molar-refractivity contribution in [3.8, 4) is 5.69 Å². The van der Waals surface area contributed by atoms with Crippen molar-refractivity contribution in [3.63, 3.8) is 0 Å². The molecule has 4 rings (SSSR count). The van der Waals surface area contributed by atoms with Crippen molar-refractivity contribution < 1.29 is 4.39 Å². The van der Waals surface area contributed by atoms with Crippen molar-refractivity contribution in [2.45, 2.75) is 26.8 Å². The third kappa shape index (κ3) is 3.47. The summed E-state index contributed by atoms with van der Waals surface area (Å²) in [4.78, 5) is 36.9. The molecule has 0 saturated carbocycles. The van der Waals surface area contributed by atoms with E-state index in [4.69, 9.17) is 0 Å². The van der Waals surface area contributed by atoms with Gasteiger partial charge in [0.15, 0.2) is 5.65 Å². The van der Waals surface area contributed by atoms with Crippen LogP contribution in [0.4, 0.5) is 10.3 Å². The Labute approximate surface area is 171 Å². The molecule has 0 radical (unpaired) electrons. The highest BCUT2D eigenvalue weighted by molar-refractivity contribution is 5.73. The van der Waals surface area contributed by atoms with Gasteiger partial charge in [-0.15, -0.1) is 0 Å². The van der Waals surface area contributed by atoms with Crippen molar-refractivity contribution in [2.75, 3.05) is 5.32 Å². The molecule has 30 heavy (non-hydrogen) atoms. The van der Waals surface area contributed by atoms with E-state index in [0.717, 1.165) is 21.3 Å². The standard InChI is InChI=1S/C22H20FN5O2/c1-12-5-4-6-18(13(12)2)28-20(29)17-11-24-21(26-19(17)27-22(28)30)25-14(3)15-7-9-16(23)10-8-15/h4-11,14H,1-3H3,(H2,24,25,26,27,30)/t14-/m1/s1. The number of fused-ring (bicyclic) bond motifs is 1. The molecular formula is C22H20FN5O2. The number of H-pyrrole nitrogens is 1. The molecule has 2 aromatic heterocycles. The van der Waals surface area contributed by atoms with Crippen LogP contribution in [-0.4, -0.2) is 19.5 Å². The summed E-state index contributed by atoms with van der Waals surface area (Å²) in [6.45, 7) is 5.66. The molecule has 0 aliphatic heterocycles. The zero-order chi connectivity index (χ0) is 21.4. The number of hydrogen-bond donors (Lipinski definition) is 2. The highest BCUT2D eigenvalue weighted by Crippen LogP contribution is 2.18. The monoisotopic (exact) mass is 405 g/mol. The minimum absolute atomic E-state index is 0.148. The molecule has 0 unspecified atom stereocenters. The van der Waals surface area contributed by atoms with Gasteiger partial charge in [0.1, 0.15) is 11.2 Å². The Hall–Kier alpha value is -3.81. The lowest BCUT2D eigenvalue weighted by atomic mass is 10.1. The number of hydrogen-bond acceptors (Lipinski definition) is 5. The van der Waals surface area contributed by atoms with Crippen LogP contribution in [0.2, 0.25) is 0 Å². The Bertz CT molecular complexity index is 1360. The van der Waals surface area contributed by atoms with Crippen molar-refractivity contribution >= 4 is 17.0 Å². The van der Waals surface area contributed by atoms with Crippen molar-refractivity contribution in [1.82, 2.24) is 19.5 Å². The summed E-state index contributed by atoms with van der Waals surface area (Å²) in [5.41, 5.74) is 2.28. The van der Waals surface area contributed by atoms with E-state index in [0.29, 0.717) is 5.69 Å². The molecule has 1 atom stereocenters. The summed E-state index contributed by atoms with van der Waals surface area (Å²) in [5, 5.41) is 3.30. The topological polar surface area (TPSA) is 92.7 Å². The van der Waals surface area contributed by atoms with E-state index in [2.05, 4.69) is 20.3 Å². The molecule has 4 aromatic rings. The first kappa shape index (κ1) is 19.5. The van der Waals surface area contributed by atoms with Crippen LogP contribution in [0.25, 0.3) is 16.7 Å². The number of benzene rings is 2. The molecule has 2 N–H and O–H groups in total. The first-order valence-corrected chi connectivity index (χ1v) is 9.46. The average Bonchev–Trinajstić information content (AvgIpc) is 2.71. The number of aryl methyl sites for hydroxylation is 1. The summed E-state index contributed by atoms with van der Waals surface area (Å²) in [6, 6.07) is 11.3. The molecule has 0 amide bonds. The van der Waals surface area contributed by atoms with Crippen LogP contribution in [0.5, 0.6) is 0 Å². The molecule has 2 aromatic carbocycles. The highest BCUT2D eigenvalue weighted by atomic mass is 19.1. The van der Waals surface area contributed by atoms with Crippen molar-refractivity contribution in [2.24, 2.45) is 0 Å². The Kier molecular flexibility index (Phi) is 4.91. The average molecular weight is 405 g/mol. The molecule has 0 spiro atoms. The van der Waals surface area contributed by atoms with Gasteiger partial charge in [0.25, 0.3) is 5.56 Å². The normalized spacial score (nSPS) is 12.1. The summed E-state index contributed by atoms with van der Waals surface area (Å²) in [7, 11) is 0. The zero-order valence-corrected chi connectivity index (χ0v) is 16.7. The van der Waals surface area contributed by atoms with E-state index in [1.54, 1.807) is 24.3 Å². The highest BCUT2D eigenvalue weighted by Gasteiger charge is 2.15. The van der Waals surface area contributed by atoms with Gasteiger partial charge in [0, 0.05) is 6.20 Å². The number of aromatic nitrogens is 4. The quantitative estimate of drug-likeness (QED) is 0.543. The lowest BCUT2D eigenvalue weighted by Gasteiger charge is -2.15. The fourth-order valence-corrected chi connectivity index (χ4v) is 3.30. The van der Waals surface area contributed by atoms with E-state index in [-0.39, 0.29) is 28.8 Å². The molecule has 7 nitrogen and oxygen atoms in total. The largest absolute Gasteiger partial charge is 0.348 e. The number of anilines is 1. The van der Waals surface area contributed by atoms with Gasteiger partial charge < -0.3 is 5.32 Å². The van der Waals surface area contributed by atoms with Crippen LogP contribution in [0.15, 0.2) is 58.3 Å². The molecule has 0 aliphatic rings. The summed E-state index contributed by atoms with van der Waals surface area (Å²) < 4.78 is 14.2. The summed E-state index contributed by atoms with van der Waals surface area (Å²) >= 11 is 0. The van der Waals surface area contributed by atoms with Crippen molar-refractivity contribution in [1.29, 1.82) is 0 Å². The fraction of sp³-hybridized carbons (Fsp3) is 0.182. The number of rotatable bonds is 4. The molecule has 0 aliphatic carbocycles. The second kappa shape index (κ2) is 7.55. The predicted molar refractivity (Wildman–Crippen MR) is 114 cm³/mol. The van der Waals surface area contributed by atoms with Gasteiger partial charge in [-0.2, -0.15) is 4.98 Å². The van der Waals surface area contributed by atoms with E-state index < -0.39 is 11.2 Å². The van der Waals surface area contributed by atoms with Crippen molar-refractivity contribution in [3.05, 3.63) is 92.0 Å². The smallest absolute Gasteiger partial charge is 0.334 e. The number of aromatic amines is 1. The lowest BCUT2D eigenvalue weighted by Crippen LogP contribution is -2.34. The van der Waals surface area contributed by atoms with E-state index in [9.17, 15) is 14.0 Å². The second-order valence-corrected chi connectivity index (χ2v) is 7.16. The second-order valence-electron chi connectivity index (χ2n) is 7.16. The van der Waals surface area contributed by atoms with Gasteiger partial charge in [-0.1, -0.05) is 24.3 Å². The van der Waals surface area contributed by atoms with Crippen LogP contribution in [-0.2, 0) is 0 Å². The predicted octanol–water partition coefficient (Wildman–Crippen LogP) is 3.40. The molecular weight excluding hydrogens is 385 g/mol. The minimum atomic E-state index is -0.572. The first-order valence-electron chi connectivity index (χ1n) is 9.46. The van der Waals surface area contributed by atoms with Crippen LogP contribution >= 0.6 is 0 Å². The van der Waals surface area contributed by atoms with Gasteiger partial charge in [-0.05, 0) is 55.7 Å². The molecule has 2 heterocycles. The Morgan fingerprint density at radius 3 is 2.57 bits per heavy atom. The SMILES string of the molecule is Cc1cccc(-n2c(=O)[nH]c3nc(N[C@H](C)c4ccc(F)cc4)ncc3c2=O)c1C. The maximum absolute atomic E-state index is 13.1. The molecule has 152 valence electrons. The van der Waals surface area contributed by atoms with Gasteiger partial charge >= 0.3 is 5.69 Å². The molecule has 0 saturated heterocycles. The van der Waals surface area contributed by atoms with E-state index in [1.165, 1.54) is 18.3 Å². The maximum atomic E-state index is 13.1. The summed E-state index contributed by atoms with van der Waals surface area (Å²) in [5.74, 6) is -0.0653. The number of halogens is 1. The zero-order valence-electron chi connectivity index (χ0n) is 16.7. The third-order valence-corrected chi connectivity index (χ3v) is 5.18. The minimum Gasteiger partial charge on any atom is -0.348 e. The number of nitrogens with one attached hydrogen (secondary N) is 2. The van der Waals surface area contributed by atoms with Crippen LogP contribution < -0.4 is 16.6 Å². The van der Waals surface area contributed by atoms with E-state index >= 15 is 0 Å². The van der Waals surface area contributed by atoms with Crippen LogP contribution in [0.1, 0.15) is 29.7 Å². The Balaban J connectivity index is 1.74. The maximum Gasteiger partial charge on any atom is 0.334 e. The molecule has 0 bridgehead atoms. The van der Waals surface area contributed by atoms with Gasteiger partial charge in [-0.3, -0.25) is 9.78 Å². The lowest BCUT2D eigenvalue weighted by molar-refractivity contribution is 0.626. The van der Waals surface area contributed by atoms with Crippen LogP contribution in [0.3, 0.4) is 0 Å². The Morgan fingerprint density at radius 2 is 1.83 bits per heavy atom. The van der Waals surface area contributed by atoms with Gasteiger partial charge in [0.2, 0.25) is 5.95 Å². The van der Waals surface area contributed by atoms with Gasteiger partial charge in [-0.25, -0.2) is 18.7 Å². The molecule has 8 heteroatoms. The first-order chi connectivity index (χ1) is 14.3. The molecule has 0 fully saturated rings. The van der Waals surface area contributed by atoms with Crippen LogP contribution in [0, 0.1) is 19.7 Å². The Morgan fingerprint density at radius 1 is 1.10 bits per heavy atom. The third-order valence-electron chi connectivity index (χ3n) is 5.18. The number of nitrogens with zero attached hydrogens (tertiary/aromatic N) is 3.